The second kappa shape index (κ2) is 16.1. The van der Waals surface area contributed by atoms with Gasteiger partial charge in [0, 0.05) is 30.7 Å². The molecule has 14 heteroatoms. The number of carbonyl (C=O) groups is 3. The van der Waals surface area contributed by atoms with Gasteiger partial charge in [-0.2, -0.15) is 5.10 Å². The zero-order valence-electron chi connectivity index (χ0n) is 24.6. The van der Waals surface area contributed by atoms with Crippen LogP contribution in [0.4, 0.5) is 5.69 Å². The van der Waals surface area contributed by atoms with Gasteiger partial charge in [0.2, 0.25) is 11.7 Å². The summed E-state index contributed by atoms with van der Waals surface area (Å²) in [6.45, 7) is 2.30. The number of carbonyl (C=O) groups excluding carboxylic acids is 3. The number of nitrogens with one attached hydrogen (secondary N) is 2. The first-order chi connectivity index (χ1) is 21.2. The number of nitro benzene ring substituents is 1. The number of esters is 1. The third-order valence-electron chi connectivity index (χ3n) is 5.98. The van der Waals surface area contributed by atoms with Gasteiger partial charge >= 0.3 is 5.97 Å². The van der Waals surface area contributed by atoms with Crippen molar-refractivity contribution in [1.82, 2.24) is 10.7 Å². The molecule has 0 radical (unpaired) electrons. The maximum Gasteiger partial charge on any atom is 0.343 e. The predicted octanol–water partition coefficient (Wildman–Crippen LogP) is 3.90. The maximum absolute atomic E-state index is 12.9. The highest BCUT2D eigenvalue weighted by atomic mass is 16.6. The van der Waals surface area contributed by atoms with Crippen molar-refractivity contribution >= 4 is 29.7 Å². The first-order valence-corrected chi connectivity index (χ1v) is 13.3. The van der Waals surface area contributed by atoms with Gasteiger partial charge in [-0.3, -0.25) is 19.7 Å². The molecule has 3 rings (SSSR count). The number of methoxy groups -OCH3 is 3. The molecule has 3 aromatic carbocycles. The van der Waals surface area contributed by atoms with Crippen molar-refractivity contribution in [2.45, 2.75) is 19.8 Å². The van der Waals surface area contributed by atoms with E-state index in [2.05, 4.69) is 15.8 Å². The number of nitro groups is 1. The highest BCUT2D eigenvalue weighted by Crippen LogP contribution is 2.39. The lowest BCUT2D eigenvalue weighted by atomic mass is 10.1. The summed E-state index contributed by atoms with van der Waals surface area (Å²) >= 11 is 0. The van der Waals surface area contributed by atoms with Crippen LogP contribution in [0.2, 0.25) is 0 Å². The molecule has 14 nitrogen and oxygen atoms in total. The van der Waals surface area contributed by atoms with Crippen molar-refractivity contribution in [2.24, 2.45) is 5.10 Å². The third kappa shape index (κ3) is 8.92. The van der Waals surface area contributed by atoms with Gasteiger partial charge in [0.1, 0.15) is 0 Å². The first kappa shape index (κ1) is 32.8. The number of amides is 2. The predicted molar refractivity (Wildman–Crippen MR) is 159 cm³/mol. The van der Waals surface area contributed by atoms with Gasteiger partial charge in [0.05, 0.1) is 44.6 Å². The van der Waals surface area contributed by atoms with Gasteiger partial charge in [-0.05, 0) is 61.4 Å². The van der Waals surface area contributed by atoms with Crippen molar-refractivity contribution < 1.29 is 43.0 Å². The van der Waals surface area contributed by atoms with Crippen LogP contribution in [0.15, 0.2) is 59.7 Å². The van der Waals surface area contributed by atoms with Crippen molar-refractivity contribution in [3.63, 3.8) is 0 Å². The lowest BCUT2D eigenvalue weighted by Crippen LogP contribution is -2.26. The molecule has 0 saturated heterocycles. The average molecular weight is 609 g/mol. The molecule has 2 amide bonds. The second-order valence-corrected chi connectivity index (χ2v) is 8.90. The van der Waals surface area contributed by atoms with Crippen LogP contribution < -0.4 is 34.4 Å². The number of non-ortho nitro benzene ring substituents is 1. The molecule has 0 aliphatic heterocycles. The summed E-state index contributed by atoms with van der Waals surface area (Å²) in [6, 6.07) is 12.9. The summed E-state index contributed by atoms with van der Waals surface area (Å²) in [4.78, 5) is 47.4. The molecule has 0 bridgehead atoms. The molecule has 232 valence electrons. The molecular weight excluding hydrogens is 576 g/mol. The molecule has 0 heterocycles. The van der Waals surface area contributed by atoms with Crippen LogP contribution in [-0.4, -0.2) is 63.4 Å². The van der Waals surface area contributed by atoms with E-state index in [-0.39, 0.29) is 47.2 Å². The molecule has 0 aliphatic rings. The van der Waals surface area contributed by atoms with Crippen LogP contribution in [0.3, 0.4) is 0 Å². The smallest absolute Gasteiger partial charge is 0.343 e. The fourth-order valence-corrected chi connectivity index (χ4v) is 3.84. The number of benzene rings is 3. The summed E-state index contributed by atoms with van der Waals surface area (Å²) < 4.78 is 27.1. The van der Waals surface area contributed by atoms with E-state index in [4.69, 9.17) is 23.7 Å². The number of hydrogen-bond acceptors (Lipinski definition) is 11. The molecule has 0 saturated carbocycles. The number of nitrogens with zero attached hydrogens (tertiary/aromatic N) is 2. The minimum Gasteiger partial charge on any atom is -0.493 e. The summed E-state index contributed by atoms with van der Waals surface area (Å²) in [6.07, 6.45) is 1.85. The van der Waals surface area contributed by atoms with E-state index < -0.39 is 16.8 Å². The quantitative estimate of drug-likeness (QED) is 0.0642. The van der Waals surface area contributed by atoms with Gasteiger partial charge in [0.15, 0.2) is 23.0 Å². The van der Waals surface area contributed by atoms with E-state index in [0.717, 1.165) is 0 Å². The zero-order valence-corrected chi connectivity index (χ0v) is 24.6. The molecule has 0 unspecified atom stereocenters. The van der Waals surface area contributed by atoms with Crippen LogP contribution in [-0.2, 0) is 4.79 Å². The number of hydrazone groups is 1. The fraction of sp³-hybridized carbons (Fsp3) is 0.267. The molecule has 0 fully saturated rings. The van der Waals surface area contributed by atoms with Crippen LogP contribution in [0.1, 0.15) is 46.0 Å². The highest BCUT2D eigenvalue weighted by Gasteiger charge is 2.20. The highest BCUT2D eigenvalue weighted by molar-refractivity contribution is 5.94. The third-order valence-corrected chi connectivity index (χ3v) is 5.98. The Morgan fingerprint density at radius 3 is 2.16 bits per heavy atom. The largest absolute Gasteiger partial charge is 0.493 e. The Labute approximate surface area is 253 Å². The molecule has 2 N–H and O–H groups in total. The SMILES string of the molecule is CCOc1cc(C=NNC(=O)CCCNC(=O)c2ccc([N+](=O)[O-])cc2)ccc1OC(=O)c1cc(OC)c(OC)c(OC)c1. The topological polar surface area (TPSA) is 177 Å². The summed E-state index contributed by atoms with van der Waals surface area (Å²) in [5, 5.41) is 17.3. The van der Waals surface area contributed by atoms with Gasteiger partial charge in [-0.25, -0.2) is 10.2 Å². The molecule has 0 aromatic heterocycles. The lowest BCUT2D eigenvalue weighted by molar-refractivity contribution is -0.384. The lowest BCUT2D eigenvalue weighted by Gasteiger charge is -2.15. The Morgan fingerprint density at radius 2 is 1.57 bits per heavy atom. The van der Waals surface area contributed by atoms with Gasteiger partial charge in [-0.1, -0.05) is 0 Å². The standard InChI is InChI=1S/C30H32N4O10/c1-5-43-24-15-19(8-13-23(24)44-30(37)21-16-25(40-2)28(42-4)26(17-21)41-3)18-32-33-27(35)7-6-14-31-29(36)20-9-11-22(12-10-20)34(38)39/h8-13,15-18H,5-7,14H2,1-4H3,(H,31,36)(H,33,35). The molecule has 0 aliphatic carbocycles. The maximum atomic E-state index is 12.9. The summed E-state index contributed by atoms with van der Waals surface area (Å²) in [7, 11) is 4.34. The zero-order chi connectivity index (χ0) is 32.1. The summed E-state index contributed by atoms with van der Waals surface area (Å²) in [5.74, 6) is -0.0666. The molecular formula is C30H32N4O10. The number of rotatable bonds is 15. The van der Waals surface area contributed by atoms with E-state index in [9.17, 15) is 24.5 Å². The van der Waals surface area contributed by atoms with Crippen LogP contribution >= 0.6 is 0 Å². The second-order valence-electron chi connectivity index (χ2n) is 8.90. The van der Waals surface area contributed by atoms with E-state index in [1.165, 1.54) is 70.0 Å². The van der Waals surface area contributed by atoms with Crippen molar-refractivity contribution in [3.05, 3.63) is 81.4 Å². The average Bonchev–Trinajstić information content (AvgIpc) is 3.03. The normalized spacial score (nSPS) is 10.5. The molecule has 0 spiro atoms. The number of ether oxygens (including phenoxy) is 5. The minimum atomic E-state index is -0.678. The molecule has 0 atom stereocenters. The Balaban J connectivity index is 1.54. The monoisotopic (exact) mass is 608 g/mol. The Bertz CT molecular complexity index is 1500. The van der Waals surface area contributed by atoms with Crippen LogP contribution in [0.5, 0.6) is 28.7 Å². The van der Waals surface area contributed by atoms with Crippen LogP contribution in [0.25, 0.3) is 0 Å². The Kier molecular flexibility index (Phi) is 12.0. The van der Waals surface area contributed by atoms with Crippen LogP contribution in [0, 0.1) is 10.1 Å². The van der Waals surface area contributed by atoms with E-state index >= 15 is 0 Å². The fourth-order valence-electron chi connectivity index (χ4n) is 3.84. The van der Waals surface area contributed by atoms with E-state index in [1.807, 2.05) is 0 Å². The van der Waals surface area contributed by atoms with E-state index in [1.54, 1.807) is 19.1 Å². The Hall–Kier alpha value is -5.66. The minimum absolute atomic E-state index is 0.0951. The summed E-state index contributed by atoms with van der Waals surface area (Å²) in [5.41, 5.74) is 3.31. The van der Waals surface area contributed by atoms with Crippen molar-refractivity contribution in [3.8, 4) is 28.7 Å². The number of hydrogen-bond donors (Lipinski definition) is 2. The van der Waals surface area contributed by atoms with Crippen molar-refractivity contribution in [2.75, 3.05) is 34.5 Å². The van der Waals surface area contributed by atoms with Crippen molar-refractivity contribution in [1.29, 1.82) is 0 Å². The van der Waals surface area contributed by atoms with Gasteiger partial charge < -0.3 is 29.0 Å². The Morgan fingerprint density at radius 1 is 0.886 bits per heavy atom. The van der Waals surface area contributed by atoms with Gasteiger partial charge in [-0.15, -0.1) is 0 Å². The molecule has 44 heavy (non-hydrogen) atoms. The van der Waals surface area contributed by atoms with Gasteiger partial charge in [0.25, 0.3) is 11.6 Å². The first-order valence-electron chi connectivity index (χ1n) is 13.3. The molecule has 3 aromatic rings. The van der Waals surface area contributed by atoms with E-state index in [0.29, 0.717) is 35.8 Å².